The molecule has 1 aromatic heterocycles. The molecule has 1 aliphatic rings. The maximum atomic E-state index is 12.4. The number of fused-ring (bicyclic) bond motifs is 3. The quantitative estimate of drug-likeness (QED) is 0.421. The van der Waals surface area contributed by atoms with Crippen LogP contribution in [0.2, 0.25) is 0 Å². The van der Waals surface area contributed by atoms with E-state index in [-0.39, 0.29) is 5.91 Å². The number of carbonyl (C=O) groups is 1. The lowest BCUT2D eigenvalue weighted by molar-refractivity contribution is 0.0949. The van der Waals surface area contributed by atoms with E-state index in [0.29, 0.717) is 12.1 Å². The SMILES string of the molecule is O=C(N/N=C/c1ccc(Br)cc1)c1[nH]nc2c1Cc1ccccc1-2. The molecule has 0 radical (unpaired) electrons. The minimum absolute atomic E-state index is 0.287. The summed E-state index contributed by atoms with van der Waals surface area (Å²) in [6, 6.07) is 15.7. The molecule has 0 spiro atoms. The Balaban J connectivity index is 1.50. The molecule has 0 unspecified atom stereocenters. The van der Waals surface area contributed by atoms with Crippen molar-refractivity contribution in [2.75, 3.05) is 0 Å². The molecule has 118 valence electrons. The number of hydrogen-bond acceptors (Lipinski definition) is 3. The minimum atomic E-state index is -0.287. The molecule has 0 atom stereocenters. The first-order chi connectivity index (χ1) is 11.7. The van der Waals surface area contributed by atoms with Crippen LogP contribution in [0, 0.1) is 0 Å². The van der Waals surface area contributed by atoms with Gasteiger partial charge in [0.15, 0.2) is 0 Å². The largest absolute Gasteiger partial charge is 0.289 e. The summed E-state index contributed by atoms with van der Waals surface area (Å²) >= 11 is 3.38. The summed E-state index contributed by atoms with van der Waals surface area (Å²) in [7, 11) is 0. The third-order valence-corrected chi connectivity index (χ3v) is 4.51. The Morgan fingerprint density at radius 1 is 1.21 bits per heavy atom. The van der Waals surface area contributed by atoms with Gasteiger partial charge in [0.25, 0.3) is 5.91 Å². The monoisotopic (exact) mass is 380 g/mol. The van der Waals surface area contributed by atoms with Gasteiger partial charge in [0, 0.05) is 22.0 Å². The van der Waals surface area contributed by atoms with E-state index in [0.717, 1.165) is 26.9 Å². The summed E-state index contributed by atoms with van der Waals surface area (Å²) in [5.74, 6) is -0.287. The van der Waals surface area contributed by atoms with Crippen molar-refractivity contribution in [1.29, 1.82) is 0 Å². The zero-order valence-electron chi connectivity index (χ0n) is 12.6. The molecule has 0 bridgehead atoms. The fourth-order valence-electron chi connectivity index (χ4n) is 2.81. The molecule has 3 aromatic rings. The zero-order valence-corrected chi connectivity index (χ0v) is 14.2. The highest BCUT2D eigenvalue weighted by Crippen LogP contribution is 2.36. The second-order valence-corrected chi connectivity index (χ2v) is 6.43. The van der Waals surface area contributed by atoms with E-state index in [1.807, 2.05) is 42.5 Å². The number of halogens is 1. The predicted octanol–water partition coefficient (Wildman–Crippen LogP) is 3.51. The Morgan fingerprint density at radius 2 is 2.00 bits per heavy atom. The third-order valence-electron chi connectivity index (χ3n) is 3.98. The van der Waals surface area contributed by atoms with Crippen LogP contribution in [0.1, 0.15) is 27.2 Å². The van der Waals surface area contributed by atoms with Gasteiger partial charge in [-0.3, -0.25) is 9.89 Å². The molecule has 24 heavy (non-hydrogen) atoms. The Morgan fingerprint density at radius 3 is 2.83 bits per heavy atom. The number of aromatic amines is 1. The van der Waals surface area contributed by atoms with Gasteiger partial charge in [0.1, 0.15) is 5.69 Å². The molecule has 0 saturated carbocycles. The van der Waals surface area contributed by atoms with Gasteiger partial charge in [-0.15, -0.1) is 0 Å². The second-order valence-electron chi connectivity index (χ2n) is 5.51. The second kappa shape index (κ2) is 6.05. The van der Waals surface area contributed by atoms with E-state index in [1.54, 1.807) is 6.21 Å². The van der Waals surface area contributed by atoms with Gasteiger partial charge >= 0.3 is 0 Å². The summed E-state index contributed by atoms with van der Waals surface area (Å²) in [5, 5.41) is 11.1. The Bertz CT molecular complexity index is 944. The third kappa shape index (κ3) is 2.65. The maximum Gasteiger partial charge on any atom is 0.289 e. The molecule has 2 aromatic carbocycles. The molecule has 0 aliphatic heterocycles. The van der Waals surface area contributed by atoms with E-state index in [2.05, 4.69) is 42.7 Å². The lowest BCUT2D eigenvalue weighted by Gasteiger charge is -2.00. The van der Waals surface area contributed by atoms with Gasteiger partial charge in [-0.2, -0.15) is 10.2 Å². The number of aromatic nitrogens is 2. The fraction of sp³-hybridized carbons (Fsp3) is 0.0556. The molecule has 1 aliphatic carbocycles. The first kappa shape index (κ1) is 14.8. The van der Waals surface area contributed by atoms with Gasteiger partial charge in [0.2, 0.25) is 0 Å². The highest BCUT2D eigenvalue weighted by Gasteiger charge is 2.26. The average molecular weight is 381 g/mol. The van der Waals surface area contributed by atoms with E-state index in [1.165, 1.54) is 5.56 Å². The first-order valence-electron chi connectivity index (χ1n) is 7.47. The smallest absolute Gasteiger partial charge is 0.272 e. The number of hydrazone groups is 1. The van der Waals surface area contributed by atoms with Crippen LogP contribution in [0.15, 0.2) is 58.1 Å². The van der Waals surface area contributed by atoms with Crippen molar-refractivity contribution in [3.8, 4) is 11.3 Å². The average Bonchev–Trinajstić information content (AvgIpc) is 3.15. The number of benzene rings is 2. The number of rotatable bonds is 3. The van der Waals surface area contributed by atoms with E-state index >= 15 is 0 Å². The molecule has 6 heteroatoms. The highest BCUT2D eigenvalue weighted by molar-refractivity contribution is 9.10. The van der Waals surface area contributed by atoms with Crippen LogP contribution in [0.4, 0.5) is 0 Å². The molecular formula is C18H13BrN4O. The molecule has 5 nitrogen and oxygen atoms in total. The molecule has 0 fully saturated rings. The van der Waals surface area contributed by atoms with Crippen LogP contribution in [0.3, 0.4) is 0 Å². The fourth-order valence-corrected chi connectivity index (χ4v) is 3.08. The predicted molar refractivity (Wildman–Crippen MR) is 96.0 cm³/mol. The van der Waals surface area contributed by atoms with Crippen molar-refractivity contribution in [2.45, 2.75) is 6.42 Å². The van der Waals surface area contributed by atoms with Crippen molar-refractivity contribution in [2.24, 2.45) is 5.10 Å². The standard InChI is InChI=1S/C18H13BrN4O/c19-13-7-5-11(6-8-13)10-20-23-18(24)17-15-9-12-3-1-2-4-14(12)16(15)21-22-17/h1-8,10H,9H2,(H,21,22)(H,23,24)/b20-10+. The lowest BCUT2D eigenvalue weighted by Crippen LogP contribution is -2.19. The normalized spacial score (nSPS) is 12.2. The topological polar surface area (TPSA) is 70.1 Å². The van der Waals surface area contributed by atoms with Crippen LogP contribution in [-0.2, 0) is 6.42 Å². The van der Waals surface area contributed by atoms with Crippen molar-refractivity contribution in [3.63, 3.8) is 0 Å². The number of amides is 1. The van der Waals surface area contributed by atoms with Gasteiger partial charge in [-0.1, -0.05) is 52.3 Å². The summed E-state index contributed by atoms with van der Waals surface area (Å²) in [6.07, 6.45) is 2.32. The Hall–Kier alpha value is -2.73. The van der Waals surface area contributed by atoms with Gasteiger partial charge in [0.05, 0.1) is 11.9 Å². The number of hydrogen-bond donors (Lipinski definition) is 2. The summed E-state index contributed by atoms with van der Waals surface area (Å²) in [5.41, 5.74) is 7.98. The highest BCUT2D eigenvalue weighted by atomic mass is 79.9. The minimum Gasteiger partial charge on any atom is -0.272 e. The summed E-state index contributed by atoms with van der Waals surface area (Å²) in [4.78, 5) is 12.4. The van der Waals surface area contributed by atoms with E-state index < -0.39 is 0 Å². The van der Waals surface area contributed by atoms with Gasteiger partial charge < -0.3 is 0 Å². The van der Waals surface area contributed by atoms with Crippen molar-refractivity contribution in [3.05, 3.63) is 75.4 Å². The van der Waals surface area contributed by atoms with Crippen LogP contribution >= 0.6 is 15.9 Å². The van der Waals surface area contributed by atoms with Crippen molar-refractivity contribution < 1.29 is 4.79 Å². The van der Waals surface area contributed by atoms with Crippen molar-refractivity contribution in [1.82, 2.24) is 15.6 Å². The van der Waals surface area contributed by atoms with E-state index in [4.69, 9.17) is 0 Å². The maximum absolute atomic E-state index is 12.4. The van der Waals surface area contributed by atoms with E-state index in [9.17, 15) is 4.79 Å². The number of carbonyl (C=O) groups excluding carboxylic acids is 1. The number of nitrogens with one attached hydrogen (secondary N) is 2. The van der Waals surface area contributed by atoms with Crippen LogP contribution in [0.25, 0.3) is 11.3 Å². The van der Waals surface area contributed by atoms with Crippen LogP contribution in [-0.4, -0.2) is 22.3 Å². The molecule has 0 saturated heterocycles. The molecule has 2 N–H and O–H groups in total. The van der Waals surface area contributed by atoms with Gasteiger partial charge in [-0.05, 0) is 23.3 Å². The van der Waals surface area contributed by atoms with Crippen LogP contribution in [0.5, 0.6) is 0 Å². The van der Waals surface area contributed by atoms with Crippen LogP contribution < -0.4 is 5.43 Å². The summed E-state index contributed by atoms with van der Waals surface area (Å²) in [6.45, 7) is 0. The van der Waals surface area contributed by atoms with Crippen molar-refractivity contribution >= 4 is 28.1 Å². The number of H-pyrrole nitrogens is 1. The Kier molecular flexibility index (Phi) is 3.74. The number of nitrogens with zero attached hydrogens (tertiary/aromatic N) is 2. The summed E-state index contributed by atoms with van der Waals surface area (Å²) < 4.78 is 0.997. The Labute approximate surface area is 146 Å². The lowest BCUT2D eigenvalue weighted by atomic mass is 10.1. The molecule has 1 heterocycles. The molecule has 1 amide bonds. The molecular weight excluding hydrogens is 368 g/mol. The van der Waals surface area contributed by atoms with Gasteiger partial charge in [-0.25, -0.2) is 5.43 Å². The zero-order chi connectivity index (χ0) is 16.5. The molecule has 4 rings (SSSR count). The first-order valence-corrected chi connectivity index (χ1v) is 8.26.